The van der Waals surface area contributed by atoms with Crippen LogP contribution in [0.4, 0.5) is 0 Å². The lowest BCUT2D eigenvalue weighted by Crippen LogP contribution is -2.36. The molecule has 2 bridgehead atoms. The second kappa shape index (κ2) is 20.1. The van der Waals surface area contributed by atoms with Gasteiger partial charge in [0.15, 0.2) is 0 Å². The first-order chi connectivity index (χ1) is 26.7. The van der Waals surface area contributed by atoms with Crippen molar-refractivity contribution in [2.75, 3.05) is 32.8 Å². The van der Waals surface area contributed by atoms with E-state index in [1.54, 1.807) is 12.4 Å². The average Bonchev–Trinajstić information content (AvgIpc) is 3.19. The van der Waals surface area contributed by atoms with Crippen molar-refractivity contribution < 1.29 is 24.1 Å². The summed E-state index contributed by atoms with van der Waals surface area (Å²) in [5, 5.41) is 17.0. The van der Waals surface area contributed by atoms with Crippen LogP contribution in [-0.2, 0) is 19.8 Å². The van der Waals surface area contributed by atoms with Crippen LogP contribution in [0.3, 0.4) is 0 Å². The molecule has 0 radical (unpaired) electrons. The van der Waals surface area contributed by atoms with Gasteiger partial charge in [-0.2, -0.15) is 0 Å². The molecule has 4 aromatic rings. The number of pyridine rings is 1. The van der Waals surface area contributed by atoms with Crippen LogP contribution in [0.2, 0.25) is 5.02 Å². The van der Waals surface area contributed by atoms with Gasteiger partial charge in [0.05, 0.1) is 23.3 Å². The second-order valence-corrected chi connectivity index (χ2v) is 15.5. The van der Waals surface area contributed by atoms with Gasteiger partial charge in [-0.3, -0.25) is 9.78 Å². The number of benzene rings is 3. The molecular formula is C45H57ClN4O5. The molecule has 3 heterocycles. The van der Waals surface area contributed by atoms with Crippen LogP contribution in [0.15, 0.2) is 67.0 Å². The minimum Gasteiger partial charge on any atom is -0.493 e. The highest BCUT2D eigenvalue weighted by Gasteiger charge is 2.18. The lowest BCUT2D eigenvalue weighted by molar-refractivity contribution is 0.0800. The van der Waals surface area contributed by atoms with Crippen LogP contribution in [0.25, 0.3) is 11.1 Å². The number of nitrogens with one attached hydrogen (secondary N) is 2. The summed E-state index contributed by atoms with van der Waals surface area (Å²) in [6.07, 6.45) is 11.2. The summed E-state index contributed by atoms with van der Waals surface area (Å²) < 4.78 is 19.1. The molecule has 0 saturated carbocycles. The Balaban J connectivity index is 1.15. The summed E-state index contributed by atoms with van der Waals surface area (Å²) in [4.78, 5) is 19.5. The Morgan fingerprint density at radius 2 is 1.71 bits per heavy atom. The van der Waals surface area contributed by atoms with Crippen molar-refractivity contribution in [3.05, 3.63) is 105 Å². The van der Waals surface area contributed by atoms with Crippen molar-refractivity contribution in [1.82, 2.24) is 20.5 Å². The van der Waals surface area contributed by atoms with E-state index in [2.05, 4.69) is 71.6 Å². The number of aliphatic hydroxyl groups excluding tert-OH is 1. The zero-order valence-corrected chi connectivity index (χ0v) is 33.4. The number of halogens is 1. The fraction of sp³-hybridized carbons (Fsp3) is 0.467. The van der Waals surface area contributed by atoms with Crippen molar-refractivity contribution in [3.8, 4) is 28.4 Å². The Labute approximate surface area is 331 Å². The number of nitrogens with zero attached hydrogens (tertiary/aromatic N) is 2. The number of amides is 1. The molecule has 6 rings (SSSR count). The molecule has 0 aliphatic carbocycles. The maximum Gasteiger partial charge on any atom is 0.252 e. The zero-order valence-electron chi connectivity index (χ0n) is 32.7. The maximum absolute atomic E-state index is 12.8. The van der Waals surface area contributed by atoms with Gasteiger partial charge < -0.3 is 34.9 Å². The summed E-state index contributed by atoms with van der Waals surface area (Å²) in [5.41, 5.74) is 7.83. The van der Waals surface area contributed by atoms with Crippen LogP contribution >= 0.6 is 11.6 Å². The predicted octanol–water partition coefficient (Wildman–Crippen LogP) is 8.57. The van der Waals surface area contributed by atoms with Gasteiger partial charge in [-0.05, 0) is 98.9 Å². The number of aromatic nitrogens is 1. The van der Waals surface area contributed by atoms with Gasteiger partial charge in [0.25, 0.3) is 5.91 Å². The smallest absolute Gasteiger partial charge is 0.252 e. The summed E-state index contributed by atoms with van der Waals surface area (Å²) >= 11 is 6.90. The zero-order chi connectivity index (χ0) is 38.6. The lowest BCUT2D eigenvalue weighted by atomic mass is 9.93. The van der Waals surface area contributed by atoms with E-state index in [4.69, 9.17) is 25.8 Å². The van der Waals surface area contributed by atoms with E-state index in [-0.39, 0.29) is 18.6 Å². The van der Waals surface area contributed by atoms with E-state index in [1.165, 1.54) is 0 Å². The quantitative estimate of drug-likeness (QED) is 0.146. The number of carbonyl (C=O) groups excluding carboxylic acids is 1. The van der Waals surface area contributed by atoms with E-state index >= 15 is 0 Å². The van der Waals surface area contributed by atoms with Crippen molar-refractivity contribution in [3.63, 3.8) is 0 Å². The fourth-order valence-corrected chi connectivity index (χ4v) is 7.63. The molecule has 0 unspecified atom stereocenters. The molecule has 294 valence electrons. The van der Waals surface area contributed by atoms with Crippen molar-refractivity contribution in [2.45, 2.75) is 104 Å². The van der Waals surface area contributed by atoms with Crippen molar-refractivity contribution in [2.24, 2.45) is 0 Å². The molecule has 1 atom stereocenters. The van der Waals surface area contributed by atoms with Gasteiger partial charge in [-0.15, -0.1) is 0 Å². The topological polar surface area (TPSA) is 105 Å². The number of rotatable bonds is 9. The standard InChI is InChI=1S/C45H57ClN4O5/c1-31-11-6-4-5-7-18-48-45(52)37-23-34(26-47-27-37)29-54-43-25-44(41(46)24-36(43)28-49-31)55-30-35-12-8-13-39(32(35)2)40-14-9-15-42(33(40)3)53-22-10-19-50-20-16-38(51)17-21-50/h8-9,12-15,23-27,31,38,49,51H,4-7,10-11,16-22,28-30H2,1-3H3,(H,48,52)/t31-/m1/s1. The Morgan fingerprint density at radius 3 is 2.55 bits per heavy atom. The number of carbonyl (C=O) groups is 1. The van der Waals surface area contributed by atoms with E-state index < -0.39 is 0 Å². The Kier molecular flexibility index (Phi) is 14.8. The molecule has 2 aliphatic heterocycles. The van der Waals surface area contributed by atoms with Gasteiger partial charge in [0, 0.05) is 68.4 Å². The molecule has 3 aromatic carbocycles. The van der Waals surface area contributed by atoms with Gasteiger partial charge >= 0.3 is 0 Å². The predicted molar refractivity (Wildman–Crippen MR) is 219 cm³/mol. The van der Waals surface area contributed by atoms with Gasteiger partial charge in [0.2, 0.25) is 0 Å². The lowest BCUT2D eigenvalue weighted by Gasteiger charge is -2.29. The van der Waals surface area contributed by atoms with E-state index in [0.717, 1.165) is 116 Å². The first kappa shape index (κ1) is 40.5. The van der Waals surface area contributed by atoms with Crippen molar-refractivity contribution >= 4 is 17.5 Å². The van der Waals surface area contributed by atoms with Crippen LogP contribution < -0.4 is 24.8 Å². The van der Waals surface area contributed by atoms with E-state index in [9.17, 15) is 9.90 Å². The monoisotopic (exact) mass is 768 g/mol. The van der Waals surface area contributed by atoms with Crippen LogP contribution in [0.5, 0.6) is 17.2 Å². The minimum absolute atomic E-state index is 0.117. The normalized spacial score (nSPS) is 18.0. The molecule has 3 N–H and O–H groups in total. The highest BCUT2D eigenvalue weighted by atomic mass is 35.5. The van der Waals surface area contributed by atoms with Gasteiger partial charge in [0.1, 0.15) is 30.5 Å². The highest BCUT2D eigenvalue weighted by Crippen LogP contribution is 2.36. The second-order valence-electron chi connectivity index (χ2n) is 15.1. The number of fused-ring (bicyclic) bond motifs is 3. The fourth-order valence-electron chi connectivity index (χ4n) is 7.39. The summed E-state index contributed by atoms with van der Waals surface area (Å²) in [6, 6.07) is 18.5. The Bertz CT molecular complexity index is 1880. The molecular weight excluding hydrogens is 712 g/mol. The first-order valence-electron chi connectivity index (χ1n) is 20.0. The number of hydrogen-bond acceptors (Lipinski definition) is 8. The number of piperidine rings is 1. The Morgan fingerprint density at radius 1 is 0.927 bits per heavy atom. The molecule has 2 aliphatic rings. The van der Waals surface area contributed by atoms with Gasteiger partial charge in [-0.25, -0.2) is 0 Å². The molecule has 10 heteroatoms. The maximum atomic E-state index is 12.8. The molecule has 55 heavy (non-hydrogen) atoms. The Hall–Kier alpha value is -4.15. The minimum atomic E-state index is -0.150. The number of ether oxygens (including phenoxy) is 3. The molecule has 1 fully saturated rings. The summed E-state index contributed by atoms with van der Waals surface area (Å²) in [7, 11) is 0. The van der Waals surface area contributed by atoms with E-state index in [1.807, 2.05) is 24.3 Å². The largest absolute Gasteiger partial charge is 0.493 e. The number of aliphatic hydroxyl groups is 1. The average molecular weight is 769 g/mol. The number of hydrogen-bond donors (Lipinski definition) is 3. The third-order valence-corrected chi connectivity index (χ3v) is 11.2. The molecule has 1 saturated heterocycles. The van der Waals surface area contributed by atoms with Crippen LogP contribution in [-0.4, -0.2) is 65.8 Å². The van der Waals surface area contributed by atoms with Crippen LogP contribution in [0, 0.1) is 13.8 Å². The molecule has 0 spiro atoms. The summed E-state index contributed by atoms with van der Waals surface area (Å²) in [6.45, 7) is 11.8. The molecule has 9 nitrogen and oxygen atoms in total. The van der Waals surface area contributed by atoms with Gasteiger partial charge in [-0.1, -0.05) is 61.2 Å². The first-order valence-corrected chi connectivity index (χ1v) is 20.4. The third kappa shape index (κ3) is 11.4. The number of likely N-dealkylation sites (tertiary alicyclic amines) is 1. The molecule has 1 amide bonds. The third-order valence-electron chi connectivity index (χ3n) is 10.9. The van der Waals surface area contributed by atoms with Crippen LogP contribution in [0.1, 0.15) is 96.5 Å². The van der Waals surface area contributed by atoms with Crippen molar-refractivity contribution in [1.29, 1.82) is 0 Å². The van der Waals surface area contributed by atoms with E-state index in [0.29, 0.717) is 54.4 Å². The highest BCUT2D eigenvalue weighted by molar-refractivity contribution is 6.32. The SMILES string of the molecule is Cc1c(COc2cc3c(cc2Cl)CN[C@H](C)CCCCCCNC(=O)c2cncc(c2)CO3)cccc1-c1cccc(OCCCN2CCC(O)CC2)c1C. The summed E-state index contributed by atoms with van der Waals surface area (Å²) in [5.74, 6) is 1.99. The molecule has 1 aromatic heterocycles.